The smallest absolute Gasteiger partial charge is 0.255 e. The zero-order valence-corrected chi connectivity index (χ0v) is 15.1. The largest absolute Gasteiger partial charge is 0.331 e. The van der Waals surface area contributed by atoms with Crippen LogP contribution in [0, 0.1) is 13.8 Å². The Morgan fingerprint density at radius 2 is 2.17 bits per heavy atom. The van der Waals surface area contributed by atoms with E-state index in [1.807, 2.05) is 31.9 Å². The van der Waals surface area contributed by atoms with Crippen LogP contribution in [0.25, 0.3) is 11.0 Å². The van der Waals surface area contributed by atoms with Crippen molar-refractivity contribution in [2.75, 3.05) is 6.54 Å². The predicted molar refractivity (Wildman–Crippen MR) is 95.5 cm³/mol. The van der Waals surface area contributed by atoms with E-state index >= 15 is 0 Å². The summed E-state index contributed by atoms with van der Waals surface area (Å²) in [7, 11) is 1.87. The highest BCUT2D eigenvalue weighted by molar-refractivity contribution is 7.10. The maximum absolute atomic E-state index is 13.3. The molecule has 124 valence electrons. The second-order valence-electron chi connectivity index (χ2n) is 6.44. The Hall–Kier alpha value is -2.21. The summed E-state index contributed by atoms with van der Waals surface area (Å²) >= 11 is 1.79. The first-order valence-corrected chi connectivity index (χ1v) is 9.03. The number of rotatable bonds is 1. The van der Waals surface area contributed by atoms with Crippen molar-refractivity contribution in [2.45, 2.75) is 33.2 Å². The van der Waals surface area contributed by atoms with Crippen LogP contribution in [-0.2, 0) is 13.5 Å². The number of aromatic nitrogens is 3. The lowest BCUT2D eigenvalue weighted by Gasteiger charge is -2.34. The molecule has 0 aliphatic carbocycles. The molecule has 0 saturated heterocycles. The van der Waals surface area contributed by atoms with Crippen LogP contribution in [0.2, 0.25) is 0 Å². The lowest BCUT2D eigenvalue weighted by atomic mass is 9.99. The zero-order chi connectivity index (χ0) is 17.0. The van der Waals surface area contributed by atoms with Gasteiger partial charge in [-0.2, -0.15) is 5.10 Å². The predicted octanol–water partition coefficient (Wildman–Crippen LogP) is 3.41. The molecule has 3 aromatic rings. The molecule has 1 aliphatic rings. The summed E-state index contributed by atoms with van der Waals surface area (Å²) in [5.41, 5.74) is 4.47. The van der Waals surface area contributed by atoms with E-state index in [1.54, 1.807) is 16.0 Å². The van der Waals surface area contributed by atoms with Gasteiger partial charge in [-0.1, -0.05) is 0 Å². The number of thiophene rings is 1. The third kappa shape index (κ3) is 2.17. The number of hydrogen-bond donors (Lipinski definition) is 0. The first-order chi connectivity index (χ1) is 11.5. The molecule has 1 amide bonds. The second-order valence-corrected chi connectivity index (χ2v) is 7.44. The standard InChI is InChI=1S/C18H20N4OS/c1-10-9-14(16-11(2)20-21(4)17(16)19-10)18(23)22-7-5-15-13(12(22)3)6-8-24-15/h6,8-9,12H,5,7H2,1-4H3. The van der Waals surface area contributed by atoms with Gasteiger partial charge in [0.15, 0.2) is 5.65 Å². The zero-order valence-electron chi connectivity index (χ0n) is 14.3. The average molecular weight is 340 g/mol. The SMILES string of the molecule is Cc1cc(C(=O)N2CCc3sccc3C2C)c2c(C)nn(C)c2n1. The molecule has 1 aliphatic heterocycles. The maximum atomic E-state index is 13.3. The summed E-state index contributed by atoms with van der Waals surface area (Å²) in [5, 5.41) is 7.44. The Bertz CT molecular complexity index is 955. The molecule has 0 aromatic carbocycles. The highest BCUT2D eigenvalue weighted by Gasteiger charge is 2.30. The summed E-state index contributed by atoms with van der Waals surface area (Å²) in [6.07, 6.45) is 0.933. The van der Waals surface area contributed by atoms with Crippen LogP contribution in [0.3, 0.4) is 0 Å². The van der Waals surface area contributed by atoms with E-state index in [-0.39, 0.29) is 11.9 Å². The molecular formula is C18H20N4OS. The highest BCUT2D eigenvalue weighted by Crippen LogP contribution is 2.34. The molecule has 0 fully saturated rings. The van der Waals surface area contributed by atoms with Gasteiger partial charge in [0.25, 0.3) is 5.91 Å². The van der Waals surface area contributed by atoms with Crippen molar-refractivity contribution in [3.05, 3.63) is 44.9 Å². The summed E-state index contributed by atoms with van der Waals surface area (Å²) in [6, 6.07) is 4.15. The normalized spacial score (nSPS) is 17.3. The van der Waals surface area contributed by atoms with Crippen molar-refractivity contribution in [1.29, 1.82) is 0 Å². The molecular weight excluding hydrogens is 320 g/mol. The fourth-order valence-corrected chi connectivity index (χ4v) is 4.64. The van der Waals surface area contributed by atoms with Crippen LogP contribution < -0.4 is 0 Å². The number of nitrogens with zero attached hydrogens (tertiary/aromatic N) is 4. The number of hydrogen-bond acceptors (Lipinski definition) is 4. The van der Waals surface area contributed by atoms with Crippen LogP contribution in [-0.4, -0.2) is 32.1 Å². The van der Waals surface area contributed by atoms with E-state index in [2.05, 4.69) is 28.5 Å². The molecule has 1 unspecified atom stereocenters. The van der Waals surface area contributed by atoms with Crippen molar-refractivity contribution in [3.63, 3.8) is 0 Å². The van der Waals surface area contributed by atoms with Crippen LogP contribution in [0.15, 0.2) is 17.5 Å². The number of carbonyl (C=O) groups excluding carboxylic acids is 1. The molecule has 4 rings (SSSR count). The molecule has 0 saturated carbocycles. The van der Waals surface area contributed by atoms with Crippen LogP contribution in [0.5, 0.6) is 0 Å². The first kappa shape index (κ1) is 15.3. The fraction of sp³-hybridized carbons (Fsp3) is 0.389. The third-order valence-corrected chi connectivity index (χ3v) is 5.86. The van der Waals surface area contributed by atoms with Gasteiger partial charge in [-0.25, -0.2) is 4.98 Å². The maximum Gasteiger partial charge on any atom is 0.255 e. The van der Waals surface area contributed by atoms with Gasteiger partial charge >= 0.3 is 0 Å². The number of fused-ring (bicyclic) bond motifs is 2. The van der Waals surface area contributed by atoms with Crippen LogP contribution in [0.4, 0.5) is 0 Å². The minimum absolute atomic E-state index is 0.0750. The lowest BCUT2D eigenvalue weighted by molar-refractivity contribution is 0.0681. The van der Waals surface area contributed by atoms with E-state index in [0.29, 0.717) is 5.56 Å². The third-order valence-electron chi connectivity index (χ3n) is 4.87. The molecule has 3 aromatic heterocycles. The lowest BCUT2D eigenvalue weighted by Crippen LogP contribution is -2.38. The van der Waals surface area contributed by atoms with Gasteiger partial charge in [-0.05, 0) is 50.3 Å². The van der Waals surface area contributed by atoms with Gasteiger partial charge in [0.2, 0.25) is 0 Å². The van der Waals surface area contributed by atoms with Gasteiger partial charge in [-0.15, -0.1) is 11.3 Å². The Morgan fingerprint density at radius 1 is 1.38 bits per heavy atom. The quantitative estimate of drug-likeness (QED) is 0.682. The molecule has 0 radical (unpaired) electrons. The van der Waals surface area contributed by atoms with E-state index in [4.69, 9.17) is 0 Å². The van der Waals surface area contributed by atoms with Crippen molar-refractivity contribution in [3.8, 4) is 0 Å². The summed E-state index contributed by atoms with van der Waals surface area (Å²) in [5.74, 6) is 0.0750. The summed E-state index contributed by atoms with van der Waals surface area (Å²) in [6.45, 7) is 6.74. The Balaban J connectivity index is 1.82. The number of amides is 1. The monoisotopic (exact) mass is 340 g/mol. The van der Waals surface area contributed by atoms with Gasteiger partial charge in [0.05, 0.1) is 22.7 Å². The molecule has 0 spiro atoms. The van der Waals surface area contributed by atoms with Crippen molar-refractivity contribution in [1.82, 2.24) is 19.7 Å². The van der Waals surface area contributed by atoms with E-state index in [1.165, 1.54) is 10.4 Å². The molecule has 24 heavy (non-hydrogen) atoms. The number of pyridine rings is 1. The van der Waals surface area contributed by atoms with Gasteiger partial charge in [0, 0.05) is 24.2 Å². The number of carbonyl (C=O) groups is 1. The Morgan fingerprint density at radius 3 is 2.96 bits per heavy atom. The van der Waals surface area contributed by atoms with E-state index in [9.17, 15) is 4.79 Å². The summed E-state index contributed by atoms with van der Waals surface area (Å²) in [4.78, 5) is 21.3. The van der Waals surface area contributed by atoms with Gasteiger partial charge < -0.3 is 4.90 Å². The van der Waals surface area contributed by atoms with E-state index in [0.717, 1.165) is 35.4 Å². The minimum atomic E-state index is 0.0750. The molecule has 4 heterocycles. The van der Waals surface area contributed by atoms with Crippen molar-refractivity contribution >= 4 is 28.3 Å². The first-order valence-electron chi connectivity index (χ1n) is 8.15. The molecule has 5 nitrogen and oxygen atoms in total. The second kappa shape index (κ2) is 5.41. The van der Waals surface area contributed by atoms with Crippen molar-refractivity contribution in [2.24, 2.45) is 7.05 Å². The molecule has 6 heteroatoms. The van der Waals surface area contributed by atoms with Gasteiger partial charge in [-0.3, -0.25) is 9.48 Å². The number of aryl methyl sites for hydroxylation is 3. The van der Waals surface area contributed by atoms with Crippen molar-refractivity contribution < 1.29 is 4.79 Å². The highest BCUT2D eigenvalue weighted by atomic mass is 32.1. The molecule has 1 atom stereocenters. The van der Waals surface area contributed by atoms with Crippen LogP contribution >= 0.6 is 11.3 Å². The Labute approximate surface area is 144 Å². The summed E-state index contributed by atoms with van der Waals surface area (Å²) < 4.78 is 1.76. The minimum Gasteiger partial charge on any atom is -0.331 e. The topological polar surface area (TPSA) is 51.0 Å². The van der Waals surface area contributed by atoms with E-state index < -0.39 is 0 Å². The fourth-order valence-electron chi connectivity index (χ4n) is 3.68. The molecule has 0 bridgehead atoms. The Kier molecular flexibility index (Phi) is 3.46. The van der Waals surface area contributed by atoms with Gasteiger partial charge in [0.1, 0.15) is 0 Å². The molecule has 0 N–H and O–H groups in total. The average Bonchev–Trinajstić information content (AvgIpc) is 3.12. The van der Waals surface area contributed by atoms with Crippen LogP contribution in [0.1, 0.15) is 45.2 Å².